The summed E-state index contributed by atoms with van der Waals surface area (Å²) in [6.07, 6.45) is 2.07. The summed E-state index contributed by atoms with van der Waals surface area (Å²) in [6.45, 7) is 0. The van der Waals surface area contributed by atoms with Gasteiger partial charge in [-0.2, -0.15) is 0 Å². The van der Waals surface area contributed by atoms with Crippen LogP contribution in [0.4, 0.5) is 13.2 Å². The van der Waals surface area contributed by atoms with Crippen LogP contribution in [0, 0.1) is 12.3 Å². The van der Waals surface area contributed by atoms with Crippen LogP contribution in [-0.4, -0.2) is 11.3 Å². The van der Waals surface area contributed by atoms with Crippen LogP contribution in [0.2, 0.25) is 0 Å². The van der Waals surface area contributed by atoms with Crippen molar-refractivity contribution in [2.24, 2.45) is 0 Å². The molecule has 1 heterocycles. The Kier molecular flexibility index (Phi) is 3.26. The predicted octanol–water partition coefficient (Wildman–Crippen LogP) is 3.69. The normalized spacial score (nSPS) is 11.0. The van der Waals surface area contributed by atoms with Crippen LogP contribution in [0.25, 0.3) is 10.6 Å². The van der Waals surface area contributed by atoms with E-state index in [-0.39, 0.29) is 5.75 Å². The van der Waals surface area contributed by atoms with Crippen molar-refractivity contribution in [3.05, 3.63) is 35.3 Å². The molecule has 18 heavy (non-hydrogen) atoms. The highest BCUT2D eigenvalue weighted by Crippen LogP contribution is 2.28. The van der Waals surface area contributed by atoms with Gasteiger partial charge in [-0.3, -0.25) is 0 Å². The van der Waals surface area contributed by atoms with E-state index in [9.17, 15) is 13.2 Å². The maximum absolute atomic E-state index is 12.0. The zero-order chi connectivity index (χ0) is 13.2. The first kappa shape index (κ1) is 12.5. The number of benzene rings is 1. The van der Waals surface area contributed by atoms with Crippen molar-refractivity contribution in [2.45, 2.75) is 6.36 Å². The SMILES string of the molecule is C#Cc1cnc(-c2ccc(OC(F)(F)F)cc2)s1. The summed E-state index contributed by atoms with van der Waals surface area (Å²) < 4.78 is 39.6. The van der Waals surface area contributed by atoms with Crippen molar-refractivity contribution in [3.63, 3.8) is 0 Å². The molecule has 0 radical (unpaired) electrons. The molecule has 0 saturated heterocycles. The van der Waals surface area contributed by atoms with Gasteiger partial charge in [-0.05, 0) is 24.3 Å². The lowest BCUT2D eigenvalue weighted by Gasteiger charge is -2.08. The number of rotatable bonds is 2. The number of hydrogen-bond donors (Lipinski definition) is 0. The standard InChI is InChI=1S/C12H6F3NOS/c1-2-10-7-16-11(18-10)8-3-5-9(6-4-8)17-12(13,14)15/h1,3-7H. The topological polar surface area (TPSA) is 22.1 Å². The van der Waals surface area contributed by atoms with E-state index >= 15 is 0 Å². The van der Waals surface area contributed by atoms with Crippen molar-refractivity contribution in [1.82, 2.24) is 4.98 Å². The number of halogens is 3. The Balaban J connectivity index is 2.20. The fourth-order valence-corrected chi connectivity index (χ4v) is 2.01. The van der Waals surface area contributed by atoms with Crippen LogP contribution in [0.15, 0.2) is 30.5 Å². The number of hydrogen-bond acceptors (Lipinski definition) is 3. The Morgan fingerprint density at radius 2 is 1.89 bits per heavy atom. The monoisotopic (exact) mass is 269 g/mol. The highest BCUT2D eigenvalue weighted by molar-refractivity contribution is 7.15. The smallest absolute Gasteiger partial charge is 0.406 e. The van der Waals surface area contributed by atoms with Crippen LogP contribution >= 0.6 is 11.3 Å². The van der Waals surface area contributed by atoms with E-state index < -0.39 is 6.36 Å². The van der Waals surface area contributed by atoms with Gasteiger partial charge in [-0.15, -0.1) is 30.9 Å². The Bertz CT molecular complexity index is 581. The lowest BCUT2D eigenvalue weighted by molar-refractivity contribution is -0.274. The summed E-state index contributed by atoms with van der Waals surface area (Å²) in [5, 5.41) is 0.654. The fourth-order valence-electron chi connectivity index (χ4n) is 1.27. The average molecular weight is 269 g/mol. The third kappa shape index (κ3) is 3.02. The van der Waals surface area contributed by atoms with Gasteiger partial charge in [0.25, 0.3) is 0 Å². The molecular formula is C12H6F3NOS. The van der Waals surface area contributed by atoms with Gasteiger partial charge >= 0.3 is 6.36 Å². The molecule has 2 rings (SSSR count). The summed E-state index contributed by atoms with van der Waals surface area (Å²) in [5.41, 5.74) is 0.691. The first-order chi connectivity index (χ1) is 8.48. The fraction of sp³-hybridized carbons (Fsp3) is 0.0833. The van der Waals surface area contributed by atoms with Crippen molar-refractivity contribution in [1.29, 1.82) is 0 Å². The van der Waals surface area contributed by atoms with Gasteiger partial charge in [0.2, 0.25) is 0 Å². The Labute approximate surface area is 105 Å². The zero-order valence-corrected chi connectivity index (χ0v) is 9.68. The van der Waals surface area contributed by atoms with E-state index in [1.54, 1.807) is 6.20 Å². The molecule has 0 atom stereocenters. The van der Waals surface area contributed by atoms with Gasteiger partial charge in [0.1, 0.15) is 10.8 Å². The molecule has 0 N–H and O–H groups in total. The van der Waals surface area contributed by atoms with Crippen molar-refractivity contribution < 1.29 is 17.9 Å². The third-order valence-corrected chi connectivity index (χ3v) is 2.96. The van der Waals surface area contributed by atoms with Gasteiger partial charge in [-0.1, -0.05) is 5.92 Å². The molecule has 0 aliphatic rings. The second-order valence-electron chi connectivity index (χ2n) is 3.25. The van der Waals surface area contributed by atoms with Gasteiger partial charge < -0.3 is 4.74 Å². The number of ether oxygens (including phenoxy) is 1. The summed E-state index contributed by atoms with van der Waals surface area (Å²) in [7, 11) is 0. The maximum Gasteiger partial charge on any atom is 0.573 e. The molecule has 1 aromatic carbocycles. The van der Waals surface area contributed by atoms with E-state index in [1.165, 1.54) is 35.6 Å². The number of thiazole rings is 1. The molecule has 0 aliphatic carbocycles. The maximum atomic E-state index is 12.0. The number of alkyl halides is 3. The predicted molar refractivity (Wildman–Crippen MR) is 62.2 cm³/mol. The minimum absolute atomic E-state index is 0.264. The lowest BCUT2D eigenvalue weighted by Crippen LogP contribution is -2.16. The molecule has 1 aromatic heterocycles. The van der Waals surface area contributed by atoms with E-state index in [1.807, 2.05) is 0 Å². The molecule has 2 nitrogen and oxygen atoms in total. The van der Waals surface area contributed by atoms with Crippen LogP contribution < -0.4 is 4.74 Å². The first-order valence-electron chi connectivity index (χ1n) is 4.76. The summed E-state index contributed by atoms with van der Waals surface area (Å²) in [6, 6.07) is 5.47. The highest BCUT2D eigenvalue weighted by atomic mass is 32.1. The van der Waals surface area contributed by atoms with Crippen LogP contribution in [0.1, 0.15) is 4.88 Å². The Hall–Kier alpha value is -2.00. The van der Waals surface area contributed by atoms with Crippen molar-refractivity contribution >= 4 is 11.3 Å². The van der Waals surface area contributed by atoms with Gasteiger partial charge in [0, 0.05) is 5.56 Å². The number of aromatic nitrogens is 1. The molecular weight excluding hydrogens is 263 g/mol. The number of nitrogens with zero attached hydrogens (tertiary/aromatic N) is 1. The van der Waals surface area contributed by atoms with Crippen LogP contribution in [0.3, 0.4) is 0 Å². The summed E-state index contributed by atoms with van der Waals surface area (Å²) >= 11 is 1.29. The molecule has 6 heteroatoms. The minimum Gasteiger partial charge on any atom is -0.406 e. The molecule has 0 bridgehead atoms. The van der Waals surface area contributed by atoms with Crippen LogP contribution in [-0.2, 0) is 0 Å². The second kappa shape index (κ2) is 4.70. The summed E-state index contributed by atoms with van der Waals surface area (Å²) in [5.74, 6) is 2.18. The summed E-state index contributed by atoms with van der Waals surface area (Å²) in [4.78, 5) is 4.74. The molecule has 0 aliphatic heterocycles. The van der Waals surface area contributed by atoms with E-state index in [4.69, 9.17) is 6.42 Å². The Morgan fingerprint density at radius 1 is 1.22 bits per heavy atom. The van der Waals surface area contributed by atoms with E-state index in [2.05, 4.69) is 15.6 Å². The van der Waals surface area contributed by atoms with Gasteiger partial charge in [-0.25, -0.2) is 4.98 Å². The largest absolute Gasteiger partial charge is 0.573 e. The lowest BCUT2D eigenvalue weighted by atomic mass is 10.2. The van der Waals surface area contributed by atoms with E-state index in [0.717, 1.165) is 0 Å². The Morgan fingerprint density at radius 3 is 2.39 bits per heavy atom. The average Bonchev–Trinajstić information content (AvgIpc) is 2.76. The minimum atomic E-state index is -4.68. The number of terminal acetylenes is 1. The quantitative estimate of drug-likeness (QED) is 0.776. The third-order valence-electron chi connectivity index (χ3n) is 1.98. The molecule has 0 unspecified atom stereocenters. The van der Waals surface area contributed by atoms with Crippen molar-refractivity contribution in [3.8, 4) is 28.7 Å². The molecule has 0 saturated carbocycles. The molecule has 2 aromatic rings. The highest BCUT2D eigenvalue weighted by Gasteiger charge is 2.30. The molecule has 0 amide bonds. The van der Waals surface area contributed by atoms with Crippen LogP contribution in [0.5, 0.6) is 5.75 Å². The van der Waals surface area contributed by atoms with Gasteiger partial charge in [0.15, 0.2) is 0 Å². The molecule has 0 spiro atoms. The first-order valence-corrected chi connectivity index (χ1v) is 5.58. The van der Waals surface area contributed by atoms with E-state index in [0.29, 0.717) is 15.4 Å². The van der Waals surface area contributed by atoms with Gasteiger partial charge in [0.05, 0.1) is 11.1 Å². The molecule has 92 valence electrons. The molecule has 0 fully saturated rings. The second-order valence-corrected chi connectivity index (χ2v) is 4.28. The zero-order valence-electron chi connectivity index (χ0n) is 8.86. The van der Waals surface area contributed by atoms with Crippen molar-refractivity contribution in [2.75, 3.05) is 0 Å².